The van der Waals surface area contributed by atoms with E-state index >= 15 is 0 Å². The molecule has 1 heterocycles. The molecule has 0 unspecified atom stereocenters. The monoisotopic (exact) mass is 336 g/mol. The Bertz CT molecular complexity index is 758. The number of hydrogen-bond acceptors (Lipinski definition) is 3. The minimum atomic E-state index is -0.622. The number of nitrogens with zero attached hydrogens (tertiary/aromatic N) is 4. The van der Waals surface area contributed by atoms with Crippen LogP contribution in [0.2, 0.25) is 0 Å². The molecule has 7 heteroatoms. The van der Waals surface area contributed by atoms with Gasteiger partial charge < -0.3 is 0 Å². The Morgan fingerprint density at radius 1 is 1.00 bits per heavy atom. The molecule has 0 spiro atoms. The predicted octanol–water partition coefficient (Wildman–Crippen LogP) is 3.37. The van der Waals surface area contributed by atoms with Crippen LogP contribution in [0, 0.1) is 11.6 Å². The minimum Gasteiger partial charge on any atom is -0.206 e. The summed E-state index contributed by atoms with van der Waals surface area (Å²) < 4.78 is 28.8. The van der Waals surface area contributed by atoms with Crippen LogP contribution in [-0.4, -0.2) is 20.2 Å². The van der Waals surface area contributed by atoms with Gasteiger partial charge in [0.25, 0.3) is 0 Å². The lowest BCUT2D eigenvalue weighted by Gasteiger charge is -2.07. The van der Waals surface area contributed by atoms with Gasteiger partial charge in [0.1, 0.15) is 17.3 Å². The maximum Gasteiger partial charge on any atom is 0.187 e. The SMILES string of the molecule is Fc1cc(-n2nnnc2-c2ccccc2)c(F)cc1Br. The topological polar surface area (TPSA) is 43.6 Å². The molecule has 0 saturated carbocycles. The van der Waals surface area contributed by atoms with E-state index in [1.54, 1.807) is 12.1 Å². The van der Waals surface area contributed by atoms with E-state index < -0.39 is 11.6 Å². The molecule has 0 aliphatic carbocycles. The second-order valence-electron chi connectivity index (χ2n) is 4.00. The van der Waals surface area contributed by atoms with Gasteiger partial charge in [0.15, 0.2) is 5.82 Å². The molecule has 0 saturated heterocycles. The van der Waals surface area contributed by atoms with Crippen LogP contribution in [0.25, 0.3) is 17.1 Å². The summed E-state index contributed by atoms with van der Waals surface area (Å²) in [5.41, 5.74) is 0.662. The normalized spacial score (nSPS) is 10.8. The van der Waals surface area contributed by atoms with E-state index in [0.717, 1.165) is 12.1 Å². The van der Waals surface area contributed by atoms with Crippen LogP contribution in [0.15, 0.2) is 46.9 Å². The van der Waals surface area contributed by atoms with Crippen molar-refractivity contribution in [2.24, 2.45) is 0 Å². The van der Waals surface area contributed by atoms with E-state index in [1.165, 1.54) is 4.68 Å². The molecule has 0 radical (unpaired) electrons. The van der Waals surface area contributed by atoms with Crippen LogP contribution in [-0.2, 0) is 0 Å². The standard InChI is InChI=1S/C13H7BrF2N4/c14-9-6-11(16)12(7-10(9)15)20-13(17-18-19-20)8-4-2-1-3-5-8/h1-7H. The van der Waals surface area contributed by atoms with Gasteiger partial charge in [-0.2, -0.15) is 4.68 Å². The Kier molecular flexibility index (Phi) is 3.27. The highest BCUT2D eigenvalue weighted by molar-refractivity contribution is 9.10. The zero-order chi connectivity index (χ0) is 14.1. The second-order valence-corrected chi connectivity index (χ2v) is 4.85. The van der Waals surface area contributed by atoms with E-state index in [2.05, 4.69) is 31.5 Å². The maximum absolute atomic E-state index is 14.0. The largest absolute Gasteiger partial charge is 0.206 e. The Balaban J connectivity index is 2.18. The van der Waals surface area contributed by atoms with Crippen molar-refractivity contribution in [3.63, 3.8) is 0 Å². The summed E-state index contributed by atoms with van der Waals surface area (Å²) in [6.07, 6.45) is 0. The summed E-state index contributed by atoms with van der Waals surface area (Å²) in [5, 5.41) is 11.1. The number of aromatic nitrogens is 4. The summed E-state index contributed by atoms with van der Waals surface area (Å²) in [6, 6.07) is 11.1. The highest BCUT2D eigenvalue weighted by Gasteiger charge is 2.16. The Morgan fingerprint density at radius 2 is 1.75 bits per heavy atom. The summed E-state index contributed by atoms with van der Waals surface area (Å²) in [6.45, 7) is 0. The van der Waals surface area contributed by atoms with E-state index in [0.29, 0.717) is 11.4 Å². The van der Waals surface area contributed by atoms with Crippen molar-refractivity contribution in [1.82, 2.24) is 20.2 Å². The number of rotatable bonds is 2. The van der Waals surface area contributed by atoms with E-state index in [-0.39, 0.29) is 10.2 Å². The molecule has 0 aliphatic heterocycles. The van der Waals surface area contributed by atoms with Crippen molar-refractivity contribution in [2.75, 3.05) is 0 Å². The Morgan fingerprint density at radius 3 is 2.50 bits per heavy atom. The molecule has 0 amide bonds. The lowest BCUT2D eigenvalue weighted by molar-refractivity contribution is 0.580. The number of hydrogen-bond donors (Lipinski definition) is 0. The van der Waals surface area contributed by atoms with Crippen molar-refractivity contribution in [1.29, 1.82) is 0 Å². The van der Waals surface area contributed by atoms with Gasteiger partial charge in [0.2, 0.25) is 0 Å². The van der Waals surface area contributed by atoms with Crippen molar-refractivity contribution in [3.8, 4) is 17.1 Å². The van der Waals surface area contributed by atoms with Crippen molar-refractivity contribution in [2.45, 2.75) is 0 Å². The van der Waals surface area contributed by atoms with Gasteiger partial charge in [-0.05, 0) is 32.4 Å². The van der Waals surface area contributed by atoms with Crippen molar-refractivity contribution < 1.29 is 8.78 Å². The highest BCUT2D eigenvalue weighted by atomic mass is 79.9. The lowest BCUT2D eigenvalue weighted by Crippen LogP contribution is -2.03. The van der Waals surface area contributed by atoms with E-state index in [1.807, 2.05) is 18.2 Å². The predicted molar refractivity (Wildman–Crippen MR) is 72.2 cm³/mol. The van der Waals surface area contributed by atoms with Crippen LogP contribution in [0.1, 0.15) is 0 Å². The molecule has 0 atom stereocenters. The first kappa shape index (κ1) is 12.9. The molecule has 1 aromatic heterocycles. The molecule has 0 fully saturated rings. The lowest BCUT2D eigenvalue weighted by atomic mass is 10.2. The molecule has 0 bridgehead atoms. The third kappa shape index (κ3) is 2.20. The van der Waals surface area contributed by atoms with Gasteiger partial charge >= 0.3 is 0 Å². The third-order valence-electron chi connectivity index (χ3n) is 2.72. The molecule has 100 valence electrons. The molecule has 0 aliphatic rings. The van der Waals surface area contributed by atoms with Crippen LogP contribution in [0.3, 0.4) is 0 Å². The second kappa shape index (κ2) is 5.09. The van der Waals surface area contributed by atoms with Crippen LogP contribution in [0.5, 0.6) is 0 Å². The maximum atomic E-state index is 14.0. The fraction of sp³-hybridized carbons (Fsp3) is 0. The Hall–Kier alpha value is -2.15. The van der Waals surface area contributed by atoms with Crippen LogP contribution >= 0.6 is 15.9 Å². The number of halogens is 3. The average molecular weight is 337 g/mol. The quantitative estimate of drug-likeness (QED) is 0.674. The first-order valence-electron chi connectivity index (χ1n) is 5.65. The summed E-state index contributed by atoms with van der Waals surface area (Å²) in [4.78, 5) is 0. The summed E-state index contributed by atoms with van der Waals surface area (Å²) >= 11 is 2.93. The van der Waals surface area contributed by atoms with Gasteiger partial charge in [-0.25, -0.2) is 8.78 Å². The molecule has 3 aromatic rings. The van der Waals surface area contributed by atoms with Gasteiger partial charge in [-0.1, -0.05) is 30.3 Å². The van der Waals surface area contributed by atoms with Gasteiger partial charge in [-0.15, -0.1) is 5.10 Å². The third-order valence-corrected chi connectivity index (χ3v) is 3.33. The number of tetrazole rings is 1. The smallest absolute Gasteiger partial charge is 0.187 e. The van der Waals surface area contributed by atoms with Gasteiger partial charge in [0, 0.05) is 11.6 Å². The van der Waals surface area contributed by atoms with Gasteiger partial charge in [0.05, 0.1) is 4.47 Å². The molecule has 4 nitrogen and oxygen atoms in total. The first-order valence-corrected chi connectivity index (χ1v) is 6.45. The van der Waals surface area contributed by atoms with Crippen LogP contribution < -0.4 is 0 Å². The molecular weight excluding hydrogens is 330 g/mol. The van der Waals surface area contributed by atoms with Crippen molar-refractivity contribution >= 4 is 15.9 Å². The highest BCUT2D eigenvalue weighted by Crippen LogP contribution is 2.25. The zero-order valence-corrected chi connectivity index (χ0v) is 11.6. The molecule has 2 aromatic carbocycles. The van der Waals surface area contributed by atoms with Gasteiger partial charge in [-0.3, -0.25) is 0 Å². The average Bonchev–Trinajstić information content (AvgIpc) is 2.93. The Labute approximate surface area is 121 Å². The first-order chi connectivity index (χ1) is 9.66. The minimum absolute atomic E-state index is 0.0467. The van der Waals surface area contributed by atoms with E-state index in [4.69, 9.17) is 0 Å². The summed E-state index contributed by atoms with van der Waals surface area (Å²) in [5.74, 6) is -0.870. The van der Waals surface area contributed by atoms with Crippen molar-refractivity contribution in [3.05, 3.63) is 58.6 Å². The van der Waals surface area contributed by atoms with Crippen LogP contribution in [0.4, 0.5) is 8.78 Å². The molecule has 0 N–H and O–H groups in total. The van der Waals surface area contributed by atoms with E-state index in [9.17, 15) is 8.78 Å². The fourth-order valence-electron chi connectivity index (χ4n) is 1.79. The summed E-state index contributed by atoms with van der Waals surface area (Å²) in [7, 11) is 0. The number of benzene rings is 2. The molecular formula is C13H7BrF2N4. The molecule has 3 rings (SSSR count). The zero-order valence-electron chi connectivity index (χ0n) is 9.96. The molecule has 20 heavy (non-hydrogen) atoms. The fourth-order valence-corrected chi connectivity index (χ4v) is 2.11.